The minimum absolute atomic E-state index is 0. The molecule has 3 rings (SSSR count). The second kappa shape index (κ2) is 7.16. The largest absolute Gasteiger partial charge is 1.00 e. The van der Waals surface area contributed by atoms with Crippen LogP contribution in [0.1, 0.15) is 17.0 Å². The van der Waals surface area contributed by atoms with Gasteiger partial charge in [-0.2, -0.15) is 11.8 Å². The van der Waals surface area contributed by atoms with Crippen LogP contribution >= 0.6 is 23.5 Å². The summed E-state index contributed by atoms with van der Waals surface area (Å²) in [4.78, 5) is 35.2. The molecule has 1 aliphatic carbocycles. The van der Waals surface area contributed by atoms with E-state index in [9.17, 15) is 19.5 Å². The monoisotopic (exact) mass is 361 g/mol. The van der Waals surface area contributed by atoms with Crippen molar-refractivity contribution in [2.24, 2.45) is 5.73 Å². The van der Waals surface area contributed by atoms with Crippen LogP contribution in [0, 0.1) is 0 Å². The smallest absolute Gasteiger partial charge is 0.545 e. The molecule has 116 valence electrons. The molecule has 23 heavy (non-hydrogen) atoms. The number of carboxylic acids is 1. The number of hydrogen-bond acceptors (Lipinski definition) is 8. The normalized spacial score (nSPS) is 26.1. The summed E-state index contributed by atoms with van der Waals surface area (Å²) in [5.74, 6) is -0.942. The average molecular weight is 361 g/mol. The molecule has 0 aromatic carbocycles. The Balaban J connectivity index is 0.00000192. The number of ketones is 1. The molecule has 0 saturated heterocycles. The predicted octanol–water partition coefficient (Wildman–Crippen LogP) is -3.01. The molecular weight excluding hydrogens is 349 g/mol. The van der Waals surface area contributed by atoms with E-state index in [4.69, 9.17) is 10.2 Å². The molecule has 1 aromatic rings. The van der Waals surface area contributed by atoms with Crippen molar-refractivity contribution in [1.29, 1.82) is 0 Å². The molecule has 1 fully saturated rings. The van der Waals surface area contributed by atoms with Gasteiger partial charge in [0.15, 0.2) is 11.5 Å². The summed E-state index contributed by atoms with van der Waals surface area (Å²) < 4.78 is 5.00. The number of aliphatic carboxylic acids is 1. The van der Waals surface area contributed by atoms with Crippen molar-refractivity contribution >= 4 is 40.4 Å². The molecule has 9 heteroatoms. The number of Topliss-reactive ketones (excluding diaryl/α,β-unsaturated/α-hetero) is 1. The Hall–Kier alpha value is -0.510. The van der Waals surface area contributed by atoms with Crippen LogP contribution in [0.5, 0.6) is 0 Å². The van der Waals surface area contributed by atoms with Crippen LogP contribution in [0.3, 0.4) is 0 Å². The van der Waals surface area contributed by atoms with Gasteiger partial charge in [0.1, 0.15) is 5.54 Å². The van der Waals surface area contributed by atoms with Crippen molar-refractivity contribution in [1.82, 2.24) is 0 Å². The Kier molecular flexibility index (Phi) is 5.86. The van der Waals surface area contributed by atoms with E-state index in [2.05, 4.69) is 0 Å². The Labute approximate surface area is 162 Å². The van der Waals surface area contributed by atoms with E-state index in [0.29, 0.717) is 11.3 Å². The third-order valence-electron chi connectivity index (χ3n) is 3.87. The van der Waals surface area contributed by atoms with Crippen LogP contribution in [-0.4, -0.2) is 39.2 Å². The molecule has 2 unspecified atom stereocenters. The maximum atomic E-state index is 11.9. The molecular formula is C14H12NNaO5S2. The van der Waals surface area contributed by atoms with E-state index in [0.717, 1.165) is 11.8 Å². The number of hydrogen-bond donors (Lipinski definition) is 1. The molecule has 0 radical (unpaired) electrons. The summed E-state index contributed by atoms with van der Waals surface area (Å²) >= 11 is 2.38. The first-order valence-electron chi connectivity index (χ1n) is 6.53. The fourth-order valence-electron chi connectivity index (χ4n) is 2.65. The Morgan fingerprint density at radius 3 is 2.83 bits per heavy atom. The van der Waals surface area contributed by atoms with Crippen molar-refractivity contribution < 1.29 is 53.5 Å². The van der Waals surface area contributed by atoms with Crippen molar-refractivity contribution in [3.63, 3.8) is 0 Å². The molecule has 1 aliphatic heterocycles. The predicted molar refractivity (Wildman–Crippen MR) is 80.3 cm³/mol. The molecule has 1 saturated carbocycles. The fourth-order valence-corrected chi connectivity index (χ4v) is 5.02. The molecule has 0 amide bonds. The van der Waals surface area contributed by atoms with Crippen molar-refractivity contribution in [3.05, 3.63) is 35.3 Å². The summed E-state index contributed by atoms with van der Waals surface area (Å²) in [6.07, 6.45) is 1.67. The van der Waals surface area contributed by atoms with Gasteiger partial charge in [0.2, 0.25) is 0 Å². The van der Waals surface area contributed by atoms with Crippen molar-refractivity contribution in [2.75, 3.05) is 11.5 Å². The van der Waals surface area contributed by atoms with Crippen LogP contribution in [0.4, 0.5) is 0 Å². The van der Waals surface area contributed by atoms with E-state index in [-0.39, 0.29) is 69.2 Å². The minimum Gasteiger partial charge on any atom is -0.545 e. The van der Waals surface area contributed by atoms with Gasteiger partial charge in [0.05, 0.1) is 12.2 Å². The van der Waals surface area contributed by atoms with E-state index in [1.54, 1.807) is 6.07 Å². The number of rotatable bonds is 4. The SMILES string of the molecule is NC12C(=O)CC1SCC(CSC(=O)c1ccco1)=C2C(=O)[O-].[Na+]. The molecule has 2 N–H and O–H groups in total. The maximum Gasteiger partial charge on any atom is 1.00 e. The standard InChI is InChI=1S/C14H13NO5S2.Na/c15-14-9(16)4-10(14)21-5-7(11(14)12(17)18)6-22-13(19)8-2-1-3-20-8;/h1-3,10H,4-6,15H2,(H,17,18);/q;+1/p-1. The zero-order chi connectivity index (χ0) is 15.9. The second-order valence-corrected chi connectivity index (χ2v) is 7.25. The van der Waals surface area contributed by atoms with Gasteiger partial charge >= 0.3 is 29.6 Å². The number of furan rings is 1. The molecule has 0 spiro atoms. The van der Waals surface area contributed by atoms with E-state index >= 15 is 0 Å². The number of thioether (sulfide) groups is 2. The van der Waals surface area contributed by atoms with Crippen LogP contribution in [0.25, 0.3) is 0 Å². The summed E-state index contributed by atoms with van der Waals surface area (Å²) in [6.45, 7) is 0. The third kappa shape index (κ3) is 3.20. The third-order valence-corrected chi connectivity index (χ3v) is 6.28. The number of carboxylic acid groups (broad SMARTS) is 1. The molecule has 0 bridgehead atoms. The topological polar surface area (TPSA) is 113 Å². The summed E-state index contributed by atoms with van der Waals surface area (Å²) in [6, 6.07) is 3.14. The van der Waals surface area contributed by atoms with Gasteiger partial charge in [-0.25, -0.2) is 0 Å². The molecule has 2 heterocycles. The molecule has 2 aliphatic rings. The maximum absolute atomic E-state index is 11.9. The average Bonchev–Trinajstić information content (AvgIpc) is 3.00. The zero-order valence-corrected chi connectivity index (χ0v) is 16.0. The van der Waals surface area contributed by atoms with Crippen LogP contribution in [0.2, 0.25) is 0 Å². The summed E-state index contributed by atoms with van der Waals surface area (Å²) in [5.41, 5.74) is 4.89. The van der Waals surface area contributed by atoms with Crippen LogP contribution < -0.4 is 40.4 Å². The van der Waals surface area contributed by atoms with Crippen molar-refractivity contribution in [3.8, 4) is 0 Å². The first kappa shape index (κ1) is 18.8. The van der Waals surface area contributed by atoms with Gasteiger partial charge < -0.3 is 20.1 Å². The van der Waals surface area contributed by atoms with Crippen molar-refractivity contribution in [2.45, 2.75) is 17.2 Å². The number of nitrogens with two attached hydrogens (primary N) is 1. The molecule has 1 aromatic heterocycles. The quantitative estimate of drug-likeness (QED) is 0.564. The van der Waals surface area contributed by atoms with E-state index in [1.165, 1.54) is 24.1 Å². The van der Waals surface area contributed by atoms with Crippen LogP contribution in [0.15, 0.2) is 34.0 Å². The Bertz CT molecular complexity index is 687. The van der Waals surface area contributed by atoms with Crippen LogP contribution in [-0.2, 0) is 9.59 Å². The van der Waals surface area contributed by atoms with Gasteiger partial charge in [0, 0.05) is 28.7 Å². The Morgan fingerprint density at radius 1 is 1.52 bits per heavy atom. The number of carbonyl (C=O) groups excluding carboxylic acids is 3. The summed E-state index contributed by atoms with van der Waals surface area (Å²) in [5, 5.41) is 10.9. The van der Waals surface area contributed by atoms with Gasteiger partial charge in [-0.15, -0.1) is 0 Å². The Morgan fingerprint density at radius 2 is 2.26 bits per heavy atom. The first-order chi connectivity index (χ1) is 10.4. The number of fused-ring (bicyclic) bond motifs is 1. The first-order valence-corrected chi connectivity index (χ1v) is 8.56. The summed E-state index contributed by atoms with van der Waals surface area (Å²) in [7, 11) is 0. The second-order valence-electron chi connectivity index (χ2n) is 5.12. The van der Waals surface area contributed by atoms with Gasteiger partial charge in [-0.3, -0.25) is 9.59 Å². The van der Waals surface area contributed by atoms with E-state index < -0.39 is 11.5 Å². The zero-order valence-electron chi connectivity index (χ0n) is 12.4. The molecule has 6 nitrogen and oxygen atoms in total. The van der Waals surface area contributed by atoms with Gasteiger partial charge in [-0.1, -0.05) is 11.8 Å². The van der Waals surface area contributed by atoms with Gasteiger partial charge in [0.25, 0.3) is 5.12 Å². The fraction of sp³-hybridized carbons (Fsp3) is 0.357. The number of carbonyl (C=O) groups is 3. The molecule has 2 atom stereocenters. The van der Waals surface area contributed by atoms with E-state index in [1.807, 2.05) is 0 Å². The van der Waals surface area contributed by atoms with Gasteiger partial charge in [-0.05, 0) is 17.7 Å². The minimum atomic E-state index is -1.47.